The second-order valence-electron chi connectivity index (χ2n) is 3.71. The van der Waals surface area contributed by atoms with E-state index in [0.29, 0.717) is 19.4 Å². The average Bonchev–Trinajstić information content (AvgIpc) is 2.02. The summed E-state index contributed by atoms with van der Waals surface area (Å²) in [7, 11) is 1.35. The van der Waals surface area contributed by atoms with Gasteiger partial charge in [0, 0.05) is 0 Å². The monoisotopic (exact) mass is 186 g/mol. The summed E-state index contributed by atoms with van der Waals surface area (Å²) in [6.07, 6.45) is 1.33. The normalized spacial score (nSPS) is 28.0. The highest BCUT2D eigenvalue weighted by atomic mass is 16.5. The smallest absolute Gasteiger partial charge is 0.306 e. The van der Waals surface area contributed by atoms with E-state index < -0.39 is 0 Å². The van der Waals surface area contributed by atoms with Crippen molar-refractivity contribution in [1.29, 1.82) is 0 Å². The fraction of sp³-hybridized carbons (Fsp3) is 0.778. The predicted octanol–water partition coefficient (Wildman–Crippen LogP) is 0.893. The molecular formula is C9H14O4. The molecule has 1 fully saturated rings. The van der Waals surface area contributed by atoms with Crippen molar-refractivity contribution in [3.8, 4) is 0 Å². The fourth-order valence-corrected chi connectivity index (χ4v) is 1.47. The summed E-state index contributed by atoms with van der Waals surface area (Å²) < 4.78 is 9.36. The maximum atomic E-state index is 11.0. The van der Waals surface area contributed by atoms with E-state index in [1.165, 1.54) is 7.11 Å². The van der Waals surface area contributed by atoms with Crippen LogP contribution in [-0.2, 0) is 19.1 Å². The lowest BCUT2D eigenvalue weighted by Crippen LogP contribution is -2.32. The van der Waals surface area contributed by atoms with E-state index in [4.69, 9.17) is 4.74 Å². The van der Waals surface area contributed by atoms with Crippen LogP contribution < -0.4 is 0 Å². The summed E-state index contributed by atoms with van der Waals surface area (Å²) in [5.74, 6) is -0.491. The van der Waals surface area contributed by atoms with E-state index in [2.05, 4.69) is 4.74 Å². The van der Waals surface area contributed by atoms with Crippen molar-refractivity contribution in [1.82, 2.24) is 0 Å². The van der Waals surface area contributed by atoms with Crippen LogP contribution in [0.15, 0.2) is 0 Å². The second kappa shape index (κ2) is 3.77. The van der Waals surface area contributed by atoms with E-state index in [-0.39, 0.29) is 17.4 Å². The number of esters is 2. The Balaban J connectivity index is 2.53. The molecule has 0 aromatic rings. The predicted molar refractivity (Wildman–Crippen MR) is 44.9 cm³/mol. The zero-order valence-corrected chi connectivity index (χ0v) is 7.96. The lowest BCUT2D eigenvalue weighted by molar-refractivity contribution is -0.155. The van der Waals surface area contributed by atoms with Crippen LogP contribution in [0.1, 0.15) is 26.2 Å². The molecule has 1 rings (SSSR count). The number of methoxy groups -OCH3 is 1. The van der Waals surface area contributed by atoms with Gasteiger partial charge < -0.3 is 9.47 Å². The first-order valence-corrected chi connectivity index (χ1v) is 4.28. The number of ether oxygens (including phenoxy) is 2. The molecule has 0 saturated carbocycles. The number of carbonyl (C=O) groups is 2. The van der Waals surface area contributed by atoms with Crippen molar-refractivity contribution < 1.29 is 19.1 Å². The summed E-state index contributed by atoms with van der Waals surface area (Å²) in [5.41, 5.74) is -0.275. The third kappa shape index (κ3) is 2.72. The number of rotatable bonds is 2. The molecule has 0 aromatic carbocycles. The van der Waals surface area contributed by atoms with Crippen LogP contribution in [0.5, 0.6) is 0 Å². The van der Waals surface area contributed by atoms with E-state index in [1.807, 2.05) is 6.92 Å². The van der Waals surface area contributed by atoms with Gasteiger partial charge in [0.2, 0.25) is 0 Å². The van der Waals surface area contributed by atoms with Crippen LogP contribution in [0.25, 0.3) is 0 Å². The minimum absolute atomic E-state index is 0.224. The molecule has 1 saturated heterocycles. The molecule has 0 aromatic heterocycles. The Morgan fingerprint density at radius 1 is 1.69 bits per heavy atom. The number of hydrogen-bond acceptors (Lipinski definition) is 4. The van der Waals surface area contributed by atoms with Crippen molar-refractivity contribution in [2.75, 3.05) is 13.7 Å². The maximum absolute atomic E-state index is 11.0. The first kappa shape index (κ1) is 10.0. The third-order valence-corrected chi connectivity index (χ3v) is 2.34. The molecule has 13 heavy (non-hydrogen) atoms. The van der Waals surface area contributed by atoms with Crippen LogP contribution >= 0.6 is 0 Å². The maximum Gasteiger partial charge on any atom is 0.306 e. The quantitative estimate of drug-likeness (QED) is 0.601. The van der Waals surface area contributed by atoms with Gasteiger partial charge in [0.15, 0.2) is 0 Å². The van der Waals surface area contributed by atoms with Gasteiger partial charge in [0.25, 0.3) is 0 Å². The molecule has 1 unspecified atom stereocenters. The highest BCUT2D eigenvalue weighted by molar-refractivity contribution is 5.74. The number of cyclic esters (lactones) is 1. The first-order valence-electron chi connectivity index (χ1n) is 4.28. The molecule has 0 bridgehead atoms. The molecule has 1 atom stereocenters. The number of carbonyl (C=O) groups excluding carboxylic acids is 2. The Kier molecular flexibility index (Phi) is 2.90. The van der Waals surface area contributed by atoms with Crippen molar-refractivity contribution in [3.05, 3.63) is 0 Å². The molecule has 0 N–H and O–H groups in total. The van der Waals surface area contributed by atoms with Gasteiger partial charge in [0.1, 0.15) is 0 Å². The fourth-order valence-electron chi connectivity index (χ4n) is 1.47. The van der Waals surface area contributed by atoms with Gasteiger partial charge in [-0.2, -0.15) is 0 Å². The summed E-state index contributed by atoms with van der Waals surface area (Å²) in [6.45, 7) is 2.32. The van der Waals surface area contributed by atoms with Gasteiger partial charge >= 0.3 is 11.9 Å². The highest BCUT2D eigenvalue weighted by Gasteiger charge is 2.34. The number of hydrogen-bond donors (Lipinski definition) is 0. The lowest BCUT2D eigenvalue weighted by Gasteiger charge is -2.31. The van der Waals surface area contributed by atoms with Crippen molar-refractivity contribution >= 4 is 11.9 Å². The van der Waals surface area contributed by atoms with Crippen molar-refractivity contribution in [2.24, 2.45) is 5.41 Å². The highest BCUT2D eigenvalue weighted by Crippen LogP contribution is 2.34. The molecular weight excluding hydrogens is 172 g/mol. The molecule has 0 radical (unpaired) electrons. The van der Waals surface area contributed by atoms with Gasteiger partial charge in [-0.15, -0.1) is 0 Å². The summed E-state index contributed by atoms with van der Waals surface area (Å²) in [6, 6.07) is 0. The minimum atomic E-state index is -0.275. The topological polar surface area (TPSA) is 52.6 Å². The van der Waals surface area contributed by atoms with E-state index in [1.54, 1.807) is 0 Å². The van der Waals surface area contributed by atoms with Crippen LogP contribution in [0.3, 0.4) is 0 Å². The van der Waals surface area contributed by atoms with Crippen LogP contribution in [0, 0.1) is 5.41 Å². The SMILES string of the molecule is COC(=O)CC1(C)CCOC(=O)C1. The van der Waals surface area contributed by atoms with E-state index >= 15 is 0 Å². The van der Waals surface area contributed by atoms with E-state index in [0.717, 1.165) is 6.42 Å². The van der Waals surface area contributed by atoms with Gasteiger partial charge in [-0.1, -0.05) is 6.92 Å². The Morgan fingerprint density at radius 2 is 2.38 bits per heavy atom. The van der Waals surface area contributed by atoms with Crippen molar-refractivity contribution in [2.45, 2.75) is 26.2 Å². The van der Waals surface area contributed by atoms with Crippen LogP contribution in [-0.4, -0.2) is 25.7 Å². The zero-order valence-electron chi connectivity index (χ0n) is 7.96. The lowest BCUT2D eigenvalue weighted by atomic mass is 9.79. The van der Waals surface area contributed by atoms with Gasteiger partial charge in [-0.3, -0.25) is 9.59 Å². The Morgan fingerprint density at radius 3 is 2.92 bits per heavy atom. The van der Waals surface area contributed by atoms with Gasteiger partial charge in [-0.05, 0) is 11.8 Å². The third-order valence-electron chi connectivity index (χ3n) is 2.34. The molecule has 0 amide bonds. The van der Waals surface area contributed by atoms with Gasteiger partial charge in [-0.25, -0.2) is 0 Å². The average molecular weight is 186 g/mol. The summed E-state index contributed by atoms with van der Waals surface area (Å²) >= 11 is 0. The summed E-state index contributed by atoms with van der Waals surface area (Å²) in [5, 5.41) is 0. The first-order chi connectivity index (χ1) is 6.06. The molecule has 4 heteroatoms. The van der Waals surface area contributed by atoms with E-state index in [9.17, 15) is 9.59 Å². The molecule has 1 aliphatic heterocycles. The molecule has 1 aliphatic rings. The minimum Gasteiger partial charge on any atom is -0.469 e. The summed E-state index contributed by atoms with van der Waals surface area (Å²) in [4.78, 5) is 22.0. The van der Waals surface area contributed by atoms with Gasteiger partial charge in [0.05, 0.1) is 26.6 Å². The Labute approximate surface area is 77.2 Å². The second-order valence-corrected chi connectivity index (χ2v) is 3.71. The largest absolute Gasteiger partial charge is 0.469 e. The van der Waals surface area contributed by atoms with Crippen molar-refractivity contribution in [3.63, 3.8) is 0 Å². The molecule has 4 nitrogen and oxygen atoms in total. The molecule has 0 spiro atoms. The van der Waals surface area contributed by atoms with Crippen LogP contribution in [0.2, 0.25) is 0 Å². The molecule has 74 valence electrons. The Bertz CT molecular complexity index is 224. The standard InChI is InChI=1S/C9H14O4/c1-9(5-7(10)12-2)3-4-13-8(11)6-9/h3-6H2,1-2H3. The molecule has 0 aliphatic carbocycles. The molecule has 1 heterocycles. The Hall–Kier alpha value is -1.06. The zero-order chi connectivity index (χ0) is 9.90. The van der Waals surface area contributed by atoms with Crippen LogP contribution in [0.4, 0.5) is 0 Å².